The monoisotopic (exact) mass is 252 g/mol. The first-order valence-corrected chi connectivity index (χ1v) is 6.76. The van der Waals surface area contributed by atoms with E-state index in [0.29, 0.717) is 12.5 Å². The minimum atomic E-state index is -0.734. The Hall–Kier alpha value is -1.46. The molecule has 2 rings (SSSR count). The van der Waals surface area contributed by atoms with Gasteiger partial charge < -0.3 is 5.11 Å². The summed E-state index contributed by atoms with van der Waals surface area (Å²) in [6, 6.07) is 0.447. The Morgan fingerprint density at radius 2 is 2.06 bits per heavy atom. The molecule has 1 heterocycles. The van der Waals surface area contributed by atoms with Gasteiger partial charge in [-0.15, -0.1) is 5.10 Å². The van der Waals surface area contributed by atoms with E-state index in [2.05, 4.69) is 15.5 Å². The lowest BCUT2D eigenvalue weighted by Crippen LogP contribution is -2.17. The fourth-order valence-electron chi connectivity index (χ4n) is 2.55. The van der Waals surface area contributed by atoms with Crippen LogP contribution in [-0.4, -0.2) is 31.3 Å². The number of nitrogens with zero attached hydrogens (tertiary/aromatic N) is 4. The van der Waals surface area contributed by atoms with Gasteiger partial charge in [-0.05, 0) is 36.1 Å². The third kappa shape index (κ3) is 3.51. The molecule has 0 bridgehead atoms. The van der Waals surface area contributed by atoms with Gasteiger partial charge in [0.2, 0.25) is 0 Å². The van der Waals surface area contributed by atoms with Crippen molar-refractivity contribution < 1.29 is 9.90 Å². The molecule has 0 aliphatic heterocycles. The predicted octanol–water partition coefficient (Wildman–Crippen LogP) is 1.98. The lowest BCUT2D eigenvalue weighted by Gasteiger charge is -2.22. The van der Waals surface area contributed by atoms with Crippen molar-refractivity contribution in [3.05, 3.63) is 5.82 Å². The summed E-state index contributed by atoms with van der Waals surface area (Å²) in [5.41, 5.74) is 0. The number of carboxylic acid groups (broad SMARTS) is 1. The molecule has 1 aliphatic rings. The van der Waals surface area contributed by atoms with Gasteiger partial charge >= 0.3 is 5.97 Å². The number of hydrogen-bond acceptors (Lipinski definition) is 4. The molecule has 6 nitrogen and oxygen atoms in total. The van der Waals surface area contributed by atoms with Crippen LogP contribution in [0, 0.1) is 0 Å². The number of hydrogen-bond donors (Lipinski definition) is 1. The predicted molar refractivity (Wildman–Crippen MR) is 65.1 cm³/mol. The van der Waals surface area contributed by atoms with E-state index in [9.17, 15) is 4.79 Å². The smallest absolute Gasteiger partial charge is 0.303 e. The van der Waals surface area contributed by atoms with Crippen molar-refractivity contribution in [1.29, 1.82) is 0 Å². The number of unbranched alkanes of at least 4 members (excludes halogenated alkanes) is 1. The first-order chi connectivity index (χ1) is 8.77. The SMILES string of the molecule is O=C(O)CCCCc1nnnn1C1CCCCC1. The van der Waals surface area contributed by atoms with Crippen LogP contribution < -0.4 is 0 Å². The molecule has 0 spiro atoms. The summed E-state index contributed by atoms with van der Waals surface area (Å²) in [4.78, 5) is 10.4. The first kappa shape index (κ1) is 13.0. The second-order valence-electron chi connectivity index (χ2n) is 4.93. The standard InChI is InChI=1S/C12H20N4O2/c17-12(18)9-5-4-8-11-13-14-15-16(11)10-6-2-1-3-7-10/h10H,1-9H2,(H,17,18). The number of carbonyl (C=O) groups is 1. The average Bonchev–Trinajstić information content (AvgIpc) is 2.84. The number of aryl methyl sites for hydroxylation is 1. The number of rotatable bonds is 6. The molecule has 0 radical (unpaired) electrons. The molecular weight excluding hydrogens is 232 g/mol. The molecule has 1 fully saturated rings. The van der Waals surface area contributed by atoms with E-state index in [4.69, 9.17) is 5.11 Å². The third-order valence-corrected chi connectivity index (χ3v) is 3.52. The van der Waals surface area contributed by atoms with Gasteiger partial charge in [0, 0.05) is 12.8 Å². The Bertz CT molecular complexity index is 385. The number of aliphatic carboxylic acids is 1. The minimum absolute atomic E-state index is 0.227. The van der Waals surface area contributed by atoms with Gasteiger partial charge in [-0.25, -0.2) is 4.68 Å². The quantitative estimate of drug-likeness (QED) is 0.783. The molecule has 0 saturated heterocycles. The van der Waals surface area contributed by atoms with Gasteiger partial charge in [0.25, 0.3) is 0 Å². The molecular formula is C12H20N4O2. The maximum Gasteiger partial charge on any atom is 0.303 e. The van der Waals surface area contributed by atoms with E-state index in [0.717, 1.165) is 31.5 Å². The molecule has 0 atom stereocenters. The van der Waals surface area contributed by atoms with Crippen LogP contribution in [0.1, 0.15) is 63.2 Å². The largest absolute Gasteiger partial charge is 0.481 e. The van der Waals surface area contributed by atoms with E-state index in [1.54, 1.807) is 0 Å². The molecule has 100 valence electrons. The maximum absolute atomic E-state index is 10.4. The zero-order valence-corrected chi connectivity index (χ0v) is 10.6. The van der Waals surface area contributed by atoms with Gasteiger partial charge in [0.1, 0.15) is 0 Å². The van der Waals surface area contributed by atoms with E-state index in [-0.39, 0.29) is 6.42 Å². The molecule has 1 aromatic heterocycles. The first-order valence-electron chi connectivity index (χ1n) is 6.76. The Morgan fingerprint density at radius 1 is 1.28 bits per heavy atom. The Balaban J connectivity index is 1.85. The molecule has 0 aromatic carbocycles. The summed E-state index contributed by atoms with van der Waals surface area (Å²) < 4.78 is 1.96. The average molecular weight is 252 g/mol. The fraction of sp³-hybridized carbons (Fsp3) is 0.833. The zero-order chi connectivity index (χ0) is 12.8. The van der Waals surface area contributed by atoms with Gasteiger partial charge in [-0.2, -0.15) is 0 Å². The van der Waals surface area contributed by atoms with Crippen LogP contribution in [0.2, 0.25) is 0 Å². The topological polar surface area (TPSA) is 80.9 Å². The van der Waals surface area contributed by atoms with Gasteiger partial charge in [0.15, 0.2) is 5.82 Å². The molecule has 6 heteroatoms. The third-order valence-electron chi connectivity index (χ3n) is 3.52. The Kier molecular flexibility index (Phi) is 4.66. The van der Waals surface area contributed by atoms with Crippen molar-refractivity contribution in [2.75, 3.05) is 0 Å². The summed E-state index contributed by atoms with van der Waals surface area (Å²) in [6.07, 6.45) is 8.66. The molecule has 1 saturated carbocycles. The molecule has 0 unspecified atom stereocenters. The Morgan fingerprint density at radius 3 is 2.78 bits per heavy atom. The van der Waals surface area contributed by atoms with Crippen LogP contribution in [0.5, 0.6) is 0 Å². The van der Waals surface area contributed by atoms with Crippen molar-refractivity contribution in [2.45, 2.75) is 63.8 Å². The van der Waals surface area contributed by atoms with Crippen LogP contribution in [0.3, 0.4) is 0 Å². The van der Waals surface area contributed by atoms with Crippen LogP contribution in [0.25, 0.3) is 0 Å². The number of aromatic nitrogens is 4. The summed E-state index contributed by atoms with van der Waals surface area (Å²) in [5.74, 6) is 0.175. The second kappa shape index (κ2) is 6.47. The highest BCUT2D eigenvalue weighted by Gasteiger charge is 2.19. The van der Waals surface area contributed by atoms with Crippen molar-refractivity contribution in [1.82, 2.24) is 20.2 Å². The lowest BCUT2D eigenvalue weighted by molar-refractivity contribution is -0.137. The second-order valence-corrected chi connectivity index (χ2v) is 4.93. The zero-order valence-electron chi connectivity index (χ0n) is 10.6. The lowest BCUT2D eigenvalue weighted by atomic mass is 9.95. The van der Waals surface area contributed by atoms with E-state index in [1.165, 1.54) is 19.3 Å². The Labute approximate surface area is 106 Å². The summed E-state index contributed by atoms with van der Waals surface area (Å²) >= 11 is 0. The summed E-state index contributed by atoms with van der Waals surface area (Å²) in [7, 11) is 0. The van der Waals surface area contributed by atoms with Crippen molar-refractivity contribution in [2.24, 2.45) is 0 Å². The molecule has 1 aliphatic carbocycles. The normalized spacial score (nSPS) is 16.9. The van der Waals surface area contributed by atoms with Crippen LogP contribution in [0.15, 0.2) is 0 Å². The van der Waals surface area contributed by atoms with Crippen molar-refractivity contribution in [3.63, 3.8) is 0 Å². The number of tetrazole rings is 1. The highest BCUT2D eigenvalue weighted by molar-refractivity contribution is 5.66. The van der Waals surface area contributed by atoms with Gasteiger partial charge in [0.05, 0.1) is 6.04 Å². The summed E-state index contributed by atoms with van der Waals surface area (Å²) in [5, 5.41) is 20.5. The van der Waals surface area contributed by atoms with Gasteiger partial charge in [-0.1, -0.05) is 19.3 Å². The van der Waals surface area contributed by atoms with Gasteiger partial charge in [-0.3, -0.25) is 4.79 Å². The number of carboxylic acids is 1. The fourth-order valence-corrected chi connectivity index (χ4v) is 2.55. The van der Waals surface area contributed by atoms with Crippen molar-refractivity contribution >= 4 is 5.97 Å². The minimum Gasteiger partial charge on any atom is -0.481 e. The van der Waals surface area contributed by atoms with Crippen LogP contribution >= 0.6 is 0 Å². The van der Waals surface area contributed by atoms with Crippen LogP contribution in [0.4, 0.5) is 0 Å². The molecule has 18 heavy (non-hydrogen) atoms. The highest BCUT2D eigenvalue weighted by atomic mass is 16.4. The maximum atomic E-state index is 10.4. The summed E-state index contributed by atoms with van der Waals surface area (Å²) in [6.45, 7) is 0. The van der Waals surface area contributed by atoms with Crippen molar-refractivity contribution in [3.8, 4) is 0 Å². The van der Waals surface area contributed by atoms with Crippen LogP contribution in [-0.2, 0) is 11.2 Å². The molecule has 1 aromatic rings. The van der Waals surface area contributed by atoms with E-state index >= 15 is 0 Å². The van der Waals surface area contributed by atoms with E-state index in [1.807, 2.05) is 4.68 Å². The highest BCUT2D eigenvalue weighted by Crippen LogP contribution is 2.28. The molecule has 1 N–H and O–H groups in total. The van der Waals surface area contributed by atoms with E-state index < -0.39 is 5.97 Å². The molecule has 0 amide bonds.